The summed E-state index contributed by atoms with van der Waals surface area (Å²) in [6, 6.07) is 4.25. The van der Waals surface area contributed by atoms with Crippen molar-refractivity contribution in [2.45, 2.75) is 6.42 Å². The molecule has 18 heavy (non-hydrogen) atoms. The van der Waals surface area contributed by atoms with E-state index >= 15 is 0 Å². The number of rotatable bonds is 2. The summed E-state index contributed by atoms with van der Waals surface area (Å²) in [7, 11) is -3.13. The van der Waals surface area contributed by atoms with E-state index in [0.29, 0.717) is 0 Å². The molecule has 0 spiro atoms. The molecule has 1 aliphatic heterocycles. The van der Waals surface area contributed by atoms with Crippen LogP contribution in [0.4, 0.5) is 10.1 Å². The minimum atomic E-state index is -3.13. The Hall–Kier alpha value is -1.14. The number of anilines is 1. The van der Waals surface area contributed by atoms with E-state index in [0.717, 1.165) is 0 Å². The average molecular weight is 292 g/mol. The molecule has 1 amide bonds. The standard InChI is InChI=1S/C11H11ClFNO3S/c12-8-2-1-3-9(10(8)13)14-11(15)7-4-5-18(16,17)6-7/h1-3,7H,4-6H2,(H,14,15). The second-order valence-corrected chi connectivity index (χ2v) is 6.83. The molecule has 0 saturated carbocycles. The van der Waals surface area contributed by atoms with Crippen LogP contribution in [0.2, 0.25) is 5.02 Å². The van der Waals surface area contributed by atoms with Crippen LogP contribution in [0.1, 0.15) is 6.42 Å². The van der Waals surface area contributed by atoms with Gasteiger partial charge in [0.05, 0.1) is 28.1 Å². The molecule has 1 heterocycles. The van der Waals surface area contributed by atoms with Gasteiger partial charge in [-0.2, -0.15) is 0 Å². The molecule has 0 bridgehead atoms. The number of carbonyl (C=O) groups is 1. The number of nitrogens with one attached hydrogen (secondary N) is 1. The maximum atomic E-state index is 13.5. The third-order valence-electron chi connectivity index (χ3n) is 2.81. The lowest BCUT2D eigenvalue weighted by atomic mass is 10.1. The van der Waals surface area contributed by atoms with Crippen LogP contribution in [-0.2, 0) is 14.6 Å². The number of hydrogen-bond acceptors (Lipinski definition) is 3. The highest BCUT2D eigenvalue weighted by molar-refractivity contribution is 7.91. The number of hydrogen-bond donors (Lipinski definition) is 1. The van der Waals surface area contributed by atoms with Gasteiger partial charge in [-0.15, -0.1) is 0 Å². The van der Waals surface area contributed by atoms with Crippen LogP contribution >= 0.6 is 11.6 Å². The highest BCUT2D eigenvalue weighted by Crippen LogP contribution is 2.24. The van der Waals surface area contributed by atoms with Crippen molar-refractivity contribution >= 4 is 33.0 Å². The normalized spacial score (nSPS) is 21.8. The molecule has 1 unspecified atom stereocenters. The summed E-state index contributed by atoms with van der Waals surface area (Å²) in [5.74, 6) is -2.00. The van der Waals surface area contributed by atoms with E-state index in [1.165, 1.54) is 18.2 Å². The van der Waals surface area contributed by atoms with Gasteiger partial charge in [-0.1, -0.05) is 17.7 Å². The quantitative estimate of drug-likeness (QED) is 0.904. The van der Waals surface area contributed by atoms with Crippen molar-refractivity contribution in [2.75, 3.05) is 16.8 Å². The van der Waals surface area contributed by atoms with Gasteiger partial charge in [-0.3, -0.25) is 4.79 Å². The van der Waals surface area contributed by atoms with Crippen LogP contribution in [0.25, 0.3) is 0 Å². The largest absolute Gasteiger partial charge is 0.323 e. The summed E-state index contributed by atoms with van der Waals surface area (Å²) >= 11 is 5.58. The predicted molar refractivity (Wildman–Crippen MR) is 66.8 cm³/mol. The Morgan fingerprint density at radius 2 is 2.17 bits per heavy atom. The molecular weight excluding hydrogens is 281 g/mol. The summed E-state index contributed by atoms with van der Waals surface area (Å²) in [5, 5.41) is 2.28. The van der Waals surface area contributed by atoms with E-state index < -0.39 is 27.5 Å². The van der Waals surface area contributed by atoms with E-state index in [9.17, 15) is 17.6 Å². The molecule has 2 rings (SSSR count). The van der Waals surface area contributed by atoms with Crippen LogP contribution in [0, 0.1) is 11.7 Å². The lowest BCUT2D eigenvalue weighted by Crippen LogP contribution is -2.24. The summed E-state index contributed by atoms with van der Waals surface area (Å²) < 4.78 is 36.0. The highest BCUT2D eigenvalue weighted by Gasteiger charge is 2.33. The minimum absolute atomic E-state index is 0.00309. The SMILES string of the molecule is O=C(Nc1cccc(Cl)c1F)C1CCS(=O)(=O)C1. The van der Waals surface area contributed by atoms with E-state index in [4.69, 9.17) is 11.6 Å². The Morgan fingerprint density at radius 1 is 1.44 bits per heavy atom. The molecule has 0 aliphatic carbocycles. The Balaban J connectivity index is 2.11. The predicted octanol–water partition coefficient (Wildman–Crippen LogP) is 1.85. The first kappa shape index (κ1) is 13.3. The molecule has 7 heteroatoms. The molecule has 1 aliphatic rings. The van der Waals surface area contributed by atoms with Crippen molar-refractivity contribution < 1.29 is 17.6 Å². The lowest BCUT2D eigenvalue weighted by Gasteiger charge is -2.10. The molecular formula is C11H11ClFNO3S. The van der Waals surface area contributed by atoms with Crippen LogP contribution in [0.5, 0.6) is 0 Å². The minimum Gasteiger partial charge on any atom is -0.323 e. The van der Waals surface area contributed by atoms with Gasteiger partial charge in [0.25, 0.3) is 0 Å². The van der Waals surface area contributed by atoms with E-state index in [1.54, 1.807) is 0 Å². The van der Waals surface area contributed by atoms with Gasteiger partial charge in [0.15, 0.2) is 15.7 Å². The zero-order valence-electron chi connectivity index (χ0n) is 9.32. The zero-order valence-corrected chi connectivity index (χ0v) is 10.9. The number of sulfone groups is 1. The fourth-order valence-corrected chi connectivity index (χ4v) is 3.75. The van der Waals surface area contributed by atoms with Gasteiger partial charge in [0.2, 0.25) is 5.91 Å². The molecule has 98 valence electrons. The molecule has 0 aromatic heterocycles. The summed E-state index contributed by atoms with van der Waals surface area (Å²) in [5.41, 5.74) is -0.0307. The fourth-order valence-electron chi connectivity index (χ4n) is 1.84. The summed E-state index contributed by atoms with van der Waals surface area (Å²) in [6.45, 7) is 0. The first-order valence-corrected chi connectivity index (χ1v) is 7.54. The average Bonchev–Trinajstić information content (AvgIpc) is 2.65. The summed E-state index contributed by atoms with van der Waals surface area (Å²) in [6.07, 6.45) is 0.274. The molecule has 1 N–H and O–H groups in total. The molecule has 1 aromatic rings. The molecule has 1 saturated heterocycles. The van der Waals surface area contributed by atoms with Gasteiger partial charge < -0.3 is 5.32 Å². The van der Waals surface area contributed by atoms with Crippen molar-refractivity contribution in [3.8, 4) is 0 Å². The van der Waals surface area contributed by atoms with Gasteiger partial charge in [-0.05, 0) is 18.6 Å². The van der Waals surface area contributed by atoms with Gasteiger partial charge >= 0.3 is 0 Å². The molecule has 1 fully saturated rings. The van der Waals surface area contributed by atoms with Crippen LogP contribution in [0.15, 0.2) is 18.2 Å². The van der Waals surface area contributed by atoms with Gasteiger partial charge in [-0.25, -0.2) is 12.8 Å². The summed E-state index contributed by atoms with van der Waals surface area (Å²) in [4.78, 5) is 11.8. The van der Waals surface area contributed by atoms with Crippen molar-refractivity contribution in [3.63, 3.8) is 0 Å². The van der Waals surface area contributed by atoms with Crippen LogP contribution in [-0.4, -0.2) is 25.8 Å². The number of halogens is 2. The smallest absolute Gasteiger partial charge is 0.228 e. The third kappa shape index (κ3) is 2.81. The Kier molecular flexibility index (Phi) is 3.59. The fraction of sp³-hybridized carbons (Fsp3) is 0.364. The molecule has 1 atom stereocenters. The Morgan fingerprint density at radius 3 is 2.78 bits per heavy atom. The molecule has 4 nitrogen and oxygen atoms in total. The highest BCUT2D eigenvalue weighted by atomic mass is 35.5. The van der Waals surface area contributed by atoms with Crippen molar-refractivity contribution in [1.82, 2.24) is 0 Å². The number of amides is 1. The van der Waals surface area contributed by atoms with Gasteiger partial charge in [0.1, 0.15) is 0 Å². The Labute approximate surface area is 109 Å². The van der Waals surface area contributed by atoms with Gasteiger partial charge in [0, 0.05) is 0 Å². The van der Waals surface area contributed by atoms with E-state index in [2.05, 4.69) is 5.32 Å². The molecule has 0 radical (unpaired) electrons. The third-order valence-corrected chi connectivity index (χ3v) is 4.87. The number of carbonyl (C=O) groups excluding carboxylic acids is 1. The number of benzene rings is 1. The maximum absolute atomic E-state index is 13.5. The van der Waals surface area contributed by atoms with Crippen LogP contribution in [0.3, 0.4) is 0 Å². The lowest BCUT2D eigenvalue weighted by molar-refractivity contribution is -0.119. The maximum Gasteiger partial charge on any atom is 0.228 e. The topological polar surface area (TPSA) is 63.2 Å². The monoisotopic (exact) mass is 291 g/mol. The van der Waals surface area contributed by atoms with Crippen molar-refractivity contribution in [1.29, 1.82) is 0 Å². The van der Waals surface area contributed by atoms with E-state index in [-0.39, 0.29) is 28.6 Å². The van der Waals surface area contributed by atoms with Crippen LogP contribution < -0.4 is 5.32 Å². The Bertz CT molecular complexity index is 588. The first-order valence-electron chi connectivity index (χ1n) is 5.34. The zero-order chi connectivity index (χ0) is 13.3. The van der Waals surface area contributed by atoms with E-state index in [1.807, 2.05) is 0 Å². The molecule has 1 aromatic carbocycles. The van der Waals surface area contributed by atoms with Crippen molar-refractivity contribution in [3.05, 3.63) is 29.0 Å². The first-order chi connectivity index (χ1) is 8.39. The second kappa shape index (κ2) is 4.85. The van der Waals surface area contributed by atoms with Crippen molar-refractivity contribution in [2.24, 2.45) is 5.92 Å². The second-order valence-electron chi connectivity index (χ2n) is 4.19.